The summed E-state index contributed by atoms with van der Waals surface area (Å²) in [5.41, 5.74) is 1.77. The van der Waals surface area contributed by atoms with Crippen molar-refractivity contribution in [2.45, 2.75) is 23.8 Å². The Morgan fingerprint density at radius 2 is 2.11 bits per heavy atom. The van der Waals surface area contributed by atoms with Crippen LogP contribution in [0.15, 0.2) is 23.1 Å². The van der Waals surface area contributed by atoms with Crippen molar-refractivity contribution in [2.75, 3.05) is 31.7 Å². The summed E-state index contributed by atoms with van der Waals surface area (Å²) in [6, 6.07) is 8.84. The van der Waals surface area contributed by atoms with E-state index in [9.17, 15) is 5.26 Å². The lowest BCUT2D eigenvalue weighted by Crippen LogP contribution is -2.36. The van der Waals surface area contributed by atoms with Crippen LogP contribution >= 0.6 is 11.8 Å². The number of nitrogens with zero attached hydrogens (tertiary/aromatic N) is 2. The van der Waals surface area contributed by atoms with Gasteiger partial charge in [-0.3, -0.25) is 0 Å². The van der Waals surface area contributed by atoms with Crippen molar-refractivity contribution in [2.24, 2.45) is 0 Å². The molecule has 0 amide bonds. The van der Waals surface area contributed by atoms with Gasteiger partial charge < -0.3 is 10.2 Å². The first-order valence-electron chi connectivity index (χ1n) is 6.26. The first kappa shape index (κ1) is 13.3. The highest BCUT2D eigenvalue weighted by molar-refractivity contribution is 7.98. The van der Waals surface area contributed by atoms with Crippen LogP contribution in [-0.4, -0.2) is 37.3 Å². The van der Waals surface area contributed by atoms with Crippen molar-refractivity contribution in [3.8, 4) is 6.07 Å². The number of hydrogen-bond donors (Lipinski definition) is 1. The minimum Gasteiger partial charge on any atom is -0.381 e. The lowest BCUT2D eigenvalue weighted by Gasteiger charge is -2.30. The van der Waals surface area contributed by atoms with Crippen LogP contribution in [0.3, 0.4) is 0 Å². The predicted octanol–water partition coefficient (Wildman–Crippen LogP) is 2.79. The van der Waals surface area contributed by atoms with E-state index in [-0.39, 0.29) is 0 Å². The monoisotopic (exact) mass is 261 g/mol. The van der Waals surface area contributed by atoms with Gasteiger partial charge in [0, 0.05) is 10.9 Å². The summed E-state index contributed by atoms with van der Waals surface area (Å²) < 4.78 is 0. The van der Waals surface area contributed by atoms with Crippen molar-refractivity contribution in [3.63, 3.8) is 0 Å². The average Bonchev–Trinajstić information content (AvgIpc) is 2.41. The van der Waals surface area contributed by atoms with Gasteiger partial charge in [0.15, 0.2) is 0 Å². The van der Waals surface area contributed by atoms with E-state index < -0.39 is 0 Å². The molecule has 1 aliphatic heterocycles. The Morgan fingerprint density at radius 3 is 2.72 bits per heavy atom. The van der Waals surface area contributed by atoms with Gasteiger partial charge in [0.05, 0.1) is 11.3 Å². The molecule has 0 aromatic heterocycles. The van der Waals surface area contributed by atoms with E-state index in [1.54, 1.807) is 11.8 Å². The maximum atomic E-state index is 9.29. The van der Waals surface area contributed by atoms with E-state index in [2.05, 4.69) is 23.3 Å². The third-order valence-corrected chi connectivity index (χ3v) is 4.22. The second-order valence-corrected chi connectivity index (χ2v) is 5.56. The number of benzene rings is 1. The van der Waals surface area contributed by atoms with Crippen LogP contribution in [-0.2, 0) is 0 Å². The van der Waals surface area contributed by atoms with E-state index in [0.29, 0.717) is 6.04 Å². The van der Waals surface area contributed by atoms with Crippen LogP contribution in [0.2, 0.25) is 0 Å². The summed E-state index contributed by atoms with van der Waals surface area (Å²) in [6.07, 6.45) is 4.30. The molecule has 18 heavy (non-hydrogen) atoms. The molecule has 0 atom stereocenters. The second kappa shape index (κ2) is 6.12. The van der Waals surface area contributed by atoms with Crippen molar-refractivity contribution in [3.05, 3.63) is 23.8 Å². The van der Waals surface area contributed by atoms with Crippen molar-refractivity contribution in [1.82, 2.24) is 4.90 Å². The van der Waals surface area contributed by atoms with Gasteiger partial charge in [-0.2, -0.15) is 5.26 Å². The molecule has 0 saturated carbocycles. The molecule has 0 bridgehead atoms. The molecule has 1 heterocycles. The molecule has 1 aliphatic rings. The van der Waals surface area contributed by atoms with E-state index in [1.807, 2.05) is 24.5 Å². The van der Waals surface area contributed by atoms with Gasteiger partial charge in [-0.25, -0.2) is 0 Å². The Kier molecular flexibility index (Phi) is 4.51. The van der Waals surface area contributed by atoms with Crippen LogP contribution in [0.4, 0.5) is 5.69 Å². The zero-order valence-electron chi connectivity index (χ0n) is 10.9. The van der Waals surface area contributed by atoms with Crippen molar-refractivity contribution < 1.29 is 0 Å². The van der Waals surface area contributed by atoms with Gasteiger partial charge in [-0.1, -0.05) is 6.07 Å². The van der Waals surface area contributed by atoms with E-state index in [0.717, 1.165) is 42.1 Å². The van der Waals surface area contributed by atoms with Gasteiger partial charge in [0.25, 0.3) is 0 Å². The third-order valence-electron chi connectivity index (χ3n) is 3.44. The van der Waals surface area contributed by atoms with E-state index in [1.165, 1.54) is 0 Å². The number of anilines is 1. The Labute approximate surface area is 113 Å². The van der Waals surface area contributed by atoms with E-state index in [4.69, 9.17) is 0 Å². The van der Waals surface area contributed by atoms with Gasteiger partial charge in [0.2, 0.25) is 0 Å². The molecular weight excluding hydrogens is 242 g/mol. The zero-order chi connectivity index (χ0) is 13.0. The largest absolute Gasteiger partial charge is 0.381 e. The van der Waals surface area contributed by atoms with E-state index >= 15 is 0 Å². The summed E-state index contributed by atoms with van der Waals surface area (Å²) in [6.45, 7) is 2.25. The highest BCUT2D eigenvalue weighted by Crippen LogP contribution is 2.27. The van der Waals surface area contributed by atoms with Gasteiger partial charge in [0.1, 0.15) is 6.07 Å². The third kappa shape index (κ3) is 2.98. The van der Waals surface area contributed by atoms with Crippen LogP contribution in [0, 0.1) is 11.3 Å². The molecule has 96 valence electrons. The predicted molar refractivity (Wildman–Crippen MR) is 77.1 cm³/mol. The minimum atomic E-state index is 0.491. The molecule has 1 saturated heterocycles. The first-order chi connectivity index (χ1) is 8.74. The fourth-order valence-electron chi connectivity index (χ4n) is 2.31. The number of nitrogens with one attached hydrogen (secondary N) is 1. The molecule has 1 aromatic carbocycles. The fraction of sp³-hybridized carbons (Fsp3) is 0.500. The summed E-state index contributed by atoms with van der Waals surface area (Å²) in [7, 11) is 2.16. The Bertz CT molecular complexity index is 445. The molecule has 1 aromatic rings. The molecule has 2 rings (SSSR count). The molecule has 0 radical (unpaired) electrons. The minimum absolute atomic E-state index is 0.491. The summed E-state index contributed by atoms with van der Waals surface area (Å²) in [5, 5.41) is 12.8. The number of hydrogen-bond acceptors (Lipinski definition) is 4. The number of thioether (sulfide) groups is 1. The SMILES string of the molecule is CSc1cccc(NC2CCN(C)CC2)c1C#N. The topological polar surface area (TPSA) is 39.1 Å². The molecule has 3 nitrogen and oxygen atoms in total. The maximum absolute atomic E-state index is 9.29. The molecule has 0 spiro atoms. The lowest BCUT2D eigenvalue weighted by molar-refractivity contribution is 0.264. The summed E-state index contributed by atoms with van der Waals surface area (Å²) in [5.74, 6) is 0. The Morgan fingerprint density at radius 1 is 1.39 bits per heavy atom. The normalized spacial score (nSPS) is 17.4. The van der Waals surface area contributed by atoms with Crippen molar-refractivity contribution in [1.29, 1.82) is 5.26 Å². The zero-order valence-corrected chi connectivity index (χ0v) is 11.8. The molecule has 0 aliphatic carbocycles. The van der Waals surface area contributed by atoms with Crippen LogP contribution in [0.5, 0.6) is 0 Å². The van der Waals surface area contributed by atoms with Gasteiger partial charge >= 0.3 is 0 Å². The molecule has 4 heteroatoms. The van der Waals surface area contributed by atoms with Gasteiger partial charge in [-0.05, 0) is 51.4 Å². The highest BCUT2D eigenvalue weighted by Gasteiger charge is 2.18. The summed E-state index contributed by atoms with van der Waals surface area (Å²) >= 11 is 1.63. The van der Waals surface area contributed by atoms with Crippen LogP contribution < -0.4 is 5.32 Å². The van der Waals surface area contributed by atoms with Gasteiger partial charge in [-0.15, -0.1) is 11.8 Å². The molecule has 1 N–H and O–H groups in total. The maximum Gasteiger partial charge on any atom is 0.102 e. The standard InChI is InChI=1S/C14H19N3S/c1-17-8-6-11(7-9-17)16-13-4-3-5-14(18-2)12(13)10-15/h3-5,11,16H,6-9H2,1-2H3. The molecule has 1 fully saturated rings. The fourth-order valence-corrected chi connectivity index (χ4v) is 2.88. The number of likely N-dealkylation sites (tertiary alicyclic amines) is 1. The Balaban J connectivity index is 2.12. The second-order valence-electron chi connectivity index (χ2n) is 4.72. The Hall–Kier alpha value is -1.18. The lowest BCUT2D eigenvalue weighted by atomic mass is 10.0. The quantitative estimate of drug-likeness (QED) is 0.849. The smallest absolute Gasteiger partial charge is 0.102 e. The average molecular weight is 261 g/mol. The van der Waals surface area contributed by atoms with Crippen LogP contribution in [0.25, 0.3) is 0 Å². The molecule has 0 unspecified atom stereocenters. The number of nitriles is 1. The number of piperidine rings is 1. The highest BCUT2D eigenvalue weighted by atomic mass is 32.2. The molecular formula is C14H19N3S. The van der Waals surface area contributed by atoms with Crippen LogP contribution in [0.1, 0.15) is 18.4 Å². The first-order valence-corrected chi connectivity index (χ1v) is 7.49. The summed E-state index contributed by atoms with van der Waals surface area (Å²) in [4.78, 5) is 3.40. The van der Waals surface area contributed by atoms with Crippen molar-refractivity contribution >= 4 is 17.4 Å². The number of rotatable bonds is 3.